The minimum atomic E-state index is 0.277. The van der Waals surface area contributed by atoms with Gasteiger partial charge in [0.25, 0.3) is 0 Å². The first-order chi connectivity index (χ1) is 6.83. The molecule has 0 saturated carbocycles. The van der Waals surface area contributed by atoms with Crippen molar-refractivity contribution in [1.82, 2.24) is 9.97 Å². The van der Waals surface area contributed by atoms with Gasteiger partial charge in [-0.15, -0.1) is 0 Å². The van der Waals surface area contributed by atoms with E-state index >= 15 is 0 Å². The molecule has 0 amide bonds. The maximum Gasteiger partial charge on any atom is 0.130 e. The number of nitrogens with zero attached hydrogens (tertiary/aromatic N) is 2. The third-order valence-corrected chi connectivity index (χ3v) is 2.21. The number of aliphatic hydroxyl groups is 1. The average Bonchev–Trinajstić information content (AvgIpc) is 2.18. The summed E-state index contributed by atoms with van der Waals surface area (Å²) in [7, 11) is 0. The van der Waals surface area contributed by atoms with Crippen molar-refractivity contribution in [3.63, 3.8) is 0 Å². The van der Waals surface area contributed by atoms with Gasteiger partial charge >= 0.3 is 0 Å². The van der Waals surface area contributed by atoms with Crippen LogP contribution >= 0.6 is 15.9 Å². The van der Waals surface area contributed by atoms with Gasteiger partial charge in [0, 0.05) is 19.2 Å². The first kappa shape index (κ1) is 11.4. The van der Waals surface area contributed by atoms with Crippen LogP contribution in [-0.2, 0) is 0 Å². The minimum absolute atomic E-state index is 0.277. The Morgan fingerprint density at radius 2 is 2.14 bits per heavy atom. The molecular formula is C9H14BrN3O. The van der Waals surface area contributed by atoms with E-state index in [9.17, 15) is 0 Å². The van der Waals surface area contributed by atoms with Crippen LogP contribution in [0.25, 0.3) is 0 Å². The fraction of sp³-hybridized carbons (Fsp3) is 0.556. The zero-order chi connectivity index (χ0) is 10.2. The normalized spacial score (nSPS) is 10.1. The molecule has 78 valence electrons. The van der Waals surface area contributed by atoms with Crippen LogP contribution in [0.2, 0.25) is 0 Å². The van der Waals surface area contributed by atoms with Crippen LogP contribution in [0.5, 0.6) is 0 Å². The molecule has 0 spiro atoms. The van der Waals surface area contributed by atoms with Gasteiger partial charge < -0.3 is 10.4 Å². The lowest BCUT2D eigenvalue weighted by atomic mass is 10.2. The summed E-state index contributed by atoms with van der Waals surface area (Å²) in [4.78, 5) is 7.99. The fourth-order valence-electron chi connectivity index (χ4n) is 1.06. The summed E-state index contributed by atoms with van der Waals surface area (Å²) in [6.45, 7) is 1.16. The molecule has 0 atom stereocenters. The summed E-state index contributed by atoms with van der Waals surface area (Å²) in [5, 5.41) is 11.8. The molecule has 0 fully saturated rings. The Balaban J connectivity index is 2.18. The standard InChI is InChI=1S/C9H14BrN3O/c10-8-6-9(13-7-12-8)11-4-2-1-3-5-14/h6-7,14H,1-5H2,(H,11,12,13). The number of anilines is 1. The van der Waals surface area contributed by atoms with Crippen molar-refractivity contribution >= 4 is 21.7 Å². The van der Waals surface area contributed by atoms with Gasteiger partial charge in [0.15, 0.2) is 0 Å². The van der Waals surface area contributed by atoms with Crippen LogP contribution in [0.3, 0.4) is 0 Å². The van der Waals surface area contributed by atoms with Crippen LogP contribution in [0, 0.1) is 0 Å². The lowest BCUT2D eigenvalue weighted by molar-refractivity contribution is 0.283. The molecular weight excluding hydrogens is 246 g/mol. The molecule has 0 saturated heterocycles. The summed E-state index contributed by atoms with van der Waals surface area (Å²) in [6.07, 6.45) is 4.47. The molecule has 5 heteroatoms. The molecule has 0 bridgehead atoms. The van der Waals surface area contributed by atoms with E-state index in [0.29, 0.717) is 0 Å². The van der Waals surface area contributed by atoms with Crippen LogP contribution in [0.15, 0.2) is 17.0 Å². The molecule has 1 heterocycles. The largest absolute Gasteiger partial charge is 0.396 e. The first-order valence-electron chi connectivity index (χ1n) is 4.65. The topological polar surface area (TPSA) is 58.0 Å². The molecule has 0 radical (unpaired) electrons. The highest BCUT2D eigenvalue weighted by atomic mass is 79.9. The average molecular weight is 260 g/mol. The highest BCUT2D eigenvalue weighted by Crippen LogP contribution is 2.09. The molecule has 2 N–H and O–H groups in total. The predicted octanol–water partition coefficient (Wildman–Crippen LogP) is 1.81. The number of aliphatic hydroxyl groups excluding tert-OH is 1. The van der Waals surface area contributed by atoms with Crippen molar-refractivity contribution in [2.75, 3.05) is 18.5 Å². The van der Waals surface area contributed by atoms with Crippen LogP contribution in [0.1, 0.15) is 19.3 Å². The molecule has 4 nitrogen and oxygen atoms in total. The Morgan fingerprint density at radius 1 is 1.29 bits per heavy atom. The van der Waals surface area contributed by atoms with Crippen molar-refractivity contribution < 1.29 is 5.11 Å². The van der Waals surface area contributed by atoms with Crippen LogP contribution in [0.4, 0.5) is 5.82 Å². The van der Waals surface area contributed by atoms with Crippen LogP contribution in [-0.4, -0.2) is 28.2 Å². The number of unbranched alkanes of at least 4 members (excludes halogenated alkanes) is 2. The number of aromatic nitrogens is 2. The smallest absolute Gasteiger partial charge is 0.130 e. The van der Waals surface area contributed by atoms with Gasteiger partial charge in [-0.2, -0.15) is 0 Å². The highest BCUT2D eigenvalue weighted by molar-refractivity contribution is 9.10. The number of rotatable bonds is 6. The van der Waals surface area contributed by atoms with Gasteiger partial charge in [-0.25, -0.2) is 9.97 Å². The SMILES string of the molecule is OCCCCCNc1cc(Br)ncn1. The zero-order valence-electron chi connectivity index (χ0n) is 7.91. The van der Waals surface area contributed by atoms with Gasteiger partial charge in [0.1, 0.15) is 16.7 Å². The molecule has 0 aliphatic carbocycles. The molecule has 0 aliphatic rings. The van der Waals surface area contributed by atoms with Crippen molar-refractivity contribution in [2.45, 2.75) is 19.3 Å². The number of halogens is 1. The Labute approximate surface area is 91.9 Å². The molecule has 1 aromatic rings. The monoisotopic (exact) mass is 259 g/mol. The van der Waals surface area contributed by atoms with E-state index in [1.165, 1.54) is 6.33 Å². The number of hydrogen-bond donors (Lipinski definition) is 2. The minimum Gasteiger partial charge on any atom is -0.396 e. The van der Waals surface area contributed by atoms with Gasteiger partial charge in [-0.1, -0.05) is 0 Å². The maximum absolute atomic E-state index is 8.57. The van der Waals surface area contributed by atoms with E-state index in [2.05, 4.69) is 31.2 Å². The fourth-order valence-corrected chi connectivity index (χ4v) is 1.37. The van der Waals surface area contributed by atoms with Crippen LogP contribution < -0.4 is 5.32 Å². The summed E-state index contributed by atoms with van der Waals surface area (Å²) in [5.41, 5.74) is 0. The lowest BCUT2D eigenvalue weighted by Gasteiger charge is -2.04. The summed E-state index contributed by atoms with van der Waals surface area (Å²) in [5.74, 6) is 0.830. The van der Waals surface area contributed by atoms with E-state index in [1.807, 2.05) is 6.07 Å². The molecule has 0 aliphatic heterocycles. The van der Waals surface area contributed by atoms with Crippen molar-refractivity contribution in [3.05, 3.63) is 17.0 Å². The second-order valence-electron chi connectivity index (χ2n) is 2.94. The summed E-state index contributed by atoms with van der Waals surface area (Å²) < 4.78 is 0.783. The molecule has 1 rings (SSSR count). The highest BCUT2D eigenvalue weighted by Gasteiger charge is 1.94. The van der Waals surface area contributed by atoms with E-state index in [4.69, 9.17) is 5.11 Å². The van der Waals surface area contributed by atoms with Gasteiger partial charge in [0.2, 0.25) is 0 Å². The van der Waals surface area contributed by atoms with Gasteiger partial charge in [0.05, 0.1) is 0 Å². The molecule has 0 unspecified atom stereocenters. The van der Waals surface area contributed by atoms with Crippen molar-refractivity contribution in [2.24, 2.45) is 0 Å². The van der Waals surface area contributed by atoms with Gasteiger partial charge in [-0.05, 0) is 35.2 Å². The number of hydrogen-bond acceptors (Lipinski definition) is 4. The molecule has 1 aromatic heterocycles. The predicted molar refractivity (Wildman–Crippen MR) is 59.2 cm³/mol. The zero-order valence-corrected chi connectivity index (χ0v) is 9.50. The summed E-state index contributed by atoms with van der Waals surface area (Å²) >= 11 is 3.27. The second kappa shape index (κ2) is 6.73. The molecule has 14 heavy (non-hydrogen) atoms. The third-order valence-electron chi connectivity index (χ3n) is 1.77. The number of nitrogens with one attached hydrogen (secondary N) is 1. The quantitative estimate of drug-likeness (QED) is 0.605. The first-order valence-corrected chi connectivity index (χ1v) is 5.44. The maximum atomic E-state index is 8.57. The van der Waals surface area contributed by atoms with E-state index in [-0.39, 0.29) is 6.61 Å². The van der Waals surface area contributed by atoms with Gasteiger partial charge in [-0.3, -0.25) is 0 Å². The summed E-state index contributed by atoms with van der Waals surface area (Å²) in [6, 6.07) is 1.84. The van der Waals surface area contributed by atoms with Crippen molar-refractivity contribution in [3.8, 4) is 0 Å². The Hall–Kier alpha value is -0.680. The van der Waals surface area contributed by atoms with E-state index in [1.54, 1.807) is 0 Å². The Bertz CT molecular complexity index is 270. The Kier molecular flexibility index (Phi) is 5.47. The Morgan fingerprint density at radius 3 is 2.86 bits per heavy atom. The molecule has 0 aromatic carbocycles. The van der Waals surface area contributed by atoms with Crippen molar-refractivity contribution in [1.29, 1.82) is 0 Å². The van der Waals surface area contributed by atoms with E-state index in [0.717, 1.165) is 36.2 Å². The second-order valence-corrected chi connectivity index (χ2v) is 3.75. The third kappa shape index (κ3) is 4.53. The van der Waals surface area contributed by atoms with E-state index < -0.39 is 0 Å². The lowest BCUT2D eigenvalue weighted by Crippen LogP contribution is -2.03.